The molecule has 0 aromatic heterocycles. The van der Waals surface area contributed by atoms with Crippen molar-refractivity contribution in [1.29, 1.82) is 0 Å². The maximum absolute atomic E-state index is 12.8. The van der Waals surface area contributed by atoms with Crippen molar-refractivity contribution in [1.82, 2.24) is 0 Å². The molecule has 0 fully saturated rings. The number of hydrogen-bond acceptors (Lipinski definition) is 6. The van der Waals surface area contributed by atoms with Gasteiger partial charge in [-0.15, -0.1) is 0 Å². The summed E-state index contributed by atoms with van der Waals surface area (Å²) in [6.45, 7) is 11.4. The first-order valence-electron chi connectivity index (χ1n) is 26.7. The van der Waals surface area contributed by atoms with Gasteiger partial charge in [0.05, 0.1) is 0 Å². The molecule has 0 aliphatic rings. The zero-order chi connectivity index (χ0) is 44.0. The smallest absolute Gasteiger partial charge is 0.306 e. The Kier molecular flexibility index (Phi) is 45.7. The first kappa shape index (κ1) is 58.4. The van der Waals surface area contributed by atoms with Crippen LogP contribution in [0.25, 0.3) is 0 Å². The number of hydrogen-bond donors (Lipinski definition) is 0. The van der Waals surface area contributed by atoms with Crippen LogP contribution in [0.1, 0.15) is 298 Å². The van der Waals surface area contributed by atoms with Crippen molar-refractivity contribution >= 4 is 17.9 Å². The molecule has 0 aromatic carbocycles. The number of ether oxygens (including phenoxy) is 3. The molecule has 0 bridgehead atoms. The molecule has 6 nitrogen and oxygen atoms in total. The average molecular weight is 849 g/mol. The topological polar surface area (TPSA) is 78.9 Å². The third-order valence-corrected chi connectivity index (χ3v) is 12.2. The van der Waals surface area contributed by atoms with Crippen LogP contribution >= 0.6 is 0 Å². The lowest BCUT2D eigenvalue weighted by atomic mass is 10.0. The summed E-state index contributed by atoms with van der Waals surface area (Å²) in [5.41, 5.74) is 0. The van der Waals surface area contributed by atoms with Gasteiger partial charge < -0.3 is 14.2 Å². The second-order valence-electron chi connectivity index (χ2n) is 19.5. The van der Waals surface area contributed by atoms with Crippen molar-refractivity contribution in [2.75, 3.05) is 13.2 Å². The quantitative estimate of drug-likeness (QED) is 0.0345. The molecule has 0 rings (SSSR count). The maximum Gasteiger partial charge on any atom is 0.306 e. The first-order chi connectivity index (χ1) is 29.2. The molecule has 6 heteroatoms. The van der Waals surface area contributed by atoms with E-state index in [2.05, 4.69) is 34.6 Å². The Morgan fingerprint density at radius 2 is 0.550 bits per heavy atom. The minimum atomic E-state index is -0.761. The van der Waals surface area contributed by atoms with Gasteiger partial charge in [0.25, 0.3) is 0 Å². The standard InChI is InChI=1S/C54H104O6/c1-6-7-8-9-10-11-12-20-23-29-34-39-44-52(55)58-47-51(60-54(57)46-41-36-31-26-25-28-33-38-43-50(4)5)48-59-53(56)45-40-35-30-24-21-18-16-14-13-15-17-19-22-27-32-37-42-49(2)3/h49-51H,6-48H2,1-5H3/t51-/m1/s1. The molecule has 1 atom stereocenters. The van der Waals surface area contributed by atoms with Crippen LogP contribution in [0.5, 0.6) is 0 Å². The summed E-state index contributed by atoms with van der Waals surface area (Å²) in [5, 5.41) is 0. The highest BCUT2D eigenvalue weighted by atomic mass is 16.6. The van der Waals surface area contributed by atoms with E-state index in [0.717, 1.165) is 69.6 Å². The fraction of sp³-hybridized carbons (Fsp3) is 0.944. The fourth-order valence-electron chi connectivity index (χ4n) is 8.17. The van der Waals surface area contributed by atoms with E-state index in [-0.39, 0.29) is 31.1 Å². The number of rotatable bonds is 48. The highest BCUT2D eigenvalue weighted by molar-refractivity contribution is 5.71. The average Bonchev–Trinajstić information content (AvgIpc) is 3.22. The molecular weight excluding hydrogens is 745 g/mol. The Balaban J connectivity index is 4.24. The van der Waals surface area contributed by atoms with E-state index in [4.69, 9.17) is 14.2 Å². The third-order valence-electron chi connectivity index (χ3n) is 12.2. The monoisotopic (exact) mass is 849 g/mol. The van der Waals surface area contributed by atoms with Gasteiger partial charge in [0.2, 0.25) is 0 Å². The first-order valence-corrected chi connectivity index (χ1v) is 26.7. The summed E-state index contributed by atoms with van der Waals surface area (Å²) in [6, 6.07) is 0. The Bertz CT molecular complexity index is 916. The molecule has 0 N–H and O–H groups in total. The third kappa shape index (κ3) is 47.5. The van der Waals surface area contributed by atoms with Crippen LogP contribution < -0.4 is 0 Å². The molecule has 0 radical (unpaired) electrons. The Morgan fingerprint density at radius 3 is 0.817 bits per heavy atom. The van der Waals surface area contributed by atoms with Gasteiger partial charge in [0.15, 0.2) is 6.10 Å². The van der Waals surface area contributed by atoms with Crippen LogP contribution in [0.3, 0.4) is 0 Å². The van der Waals surface area contributed by atoms with Crippen LogP contribution in [0.15, 0.2) is 0 Å². The zero-order valence-corrected chi connectivity index (χ0v) is 41.1. The molecule has 0 amide bonds. The molecule has 0 saturated heterocycles. The molecular formula is C54H104O6. The molecule has 0 aliphatic heterocycles. The molecule has 60 heavy (non-hydrogen) atoms. The van der Waals surface area contributed by atoms with Crippen LogP contribution in [0, 0.1) is 11.8 Å². The second-order valence-corrected chi connectivity index (χ2v) is 19.5. The van der Waals surface area contributed by atoms with Crippen molar-refractivity contribution in [2.24, 2.45) is 11.8 Å². The molecule has 0 heterocycles. The molecule has 0 aromatic rings. The minimum absolute atomic E-state index is 0.0638. The van der Waals surface area contributed by atoms with Crippen molar-refractivity contribution in [3.05, 3.63) is 0 Å². The van der Waals surface area contributed by atoms with Crippen molar-refractivity contribution in [2.45, 2.75) is 304 Å². The number of carbonyl (C=O) groups is 3. The van der Waals surface area contributed by atoms with Gasteiger partial charge in [-0.25, -0.2) is 0 Å². The van der Waals surface area contributed by atoms with Crippen LogP contribution in [0.4, 0.5) is 0 Å². The summed E-state index contributed by atoms with van der Waals surface area (Å²) in [4.78, 5) is 37.9. The van der Waals surface area contributed by atoms with E-state index < -0.39 is 6.10 Å². The predicted molar refractivity (Wildman–Crippen MR) is 256 cm³/mol. The normalized spacial score (nSPS) is 12.1. The number of unbranched alkanes of at least 4 members (excludes halogenated alkanes) is 33. The van der Waals surface area contributed by atoms with E-state index in [1.54, 1.807) is 0 Å². The van der Waals surface area contributed by atoms with E-state index >= 15 is 0 Å². The van der Waals surface area contributed by atoms with E-state index in [1.165, 1.54) is 186 Å². The Morgan fingerprint density at radius 1 is 0.317 bits per heavy atom. The largest absolute Gasteiger partial charge is 0.462 e. The lowest BCUT2D eigenvalue weighted by Crippen LogP contribution is -2.30. The molecule has 356 valence electrons. The lowest BCUT2D eigenvalue weighted by Gasteiger charge is -2.18. The van der Waals surface area contributed by atoms with E-state index in [1.807, 2.05) is 0 Å². The van der Waals surface area contributed by atoms with Crippen molar-refractivity contribution < 1.29 is 28.6 Å². The molecule has 0 aliphatic carbocycles. The Labute approximate surface area is 374 Å². The van der Waals surface area contributed by atoms with Crippen LogP contribution in [-0.4, -0.2) is 37.2 Å². The zero-order valence-electron chi connectivity index (χ0n) is 41.1. The maximum atomic E-state index is 12.8. The Hall–Kier alpha value is -1.59. The highest BCUT2D eigenvalue weighted by Gasteiger charge is 2.19. The van der Waals surface area contributed by atoms with Gasteiger partial charge >= 0.3 is 17.9 Å². The summed E-state index contributed by atoms with van der Waals surface area (Å²) in [5.74, 6) is 0.798. The SMILES string of the molecule is CCCCCCCCCCCCCCC(=O)OC[C@H](COC(=O)CCCCCCCCCCCCCCCCCCC(C)C)OC(=O)CCCCCCCCCCC(C)C. The molecule has 0 spiro atoms. The number of carbonyl (C=O) groups excluding carboxylic acids is 3. The highest BCUT2D eigenvalue weighted by Crippen LogP contribution is 2.18. The summed E-state index contributed by atoms with van der Waals surface area (Å²) >= 11 is 0. The van der Waals surface area contributed by atoms with E-state index in [0.29, 0.717) is 19.3 Å². The van der Waals surface area contributed by atoms with E-state index in [9.17, 15) is 14.4 Å². The van der Waals surface area contributed by atoms with Crippen LogP contribution in [-0.2, 0) is 28.6 Å². The van der Waals surface area contributed by atoms with Gasteiger partial charge in [-0.3, -0.25) is 14.4 Å². The molecule has 0 unspecified atom stereocenters. The molecule has 0 saturated carbocycles. The summed E-state index contributed by atoms with van der Waals surface area (Å²) < 4.78 is 16.8. The van der Waals surface area contributed by atoms with Crippen molar-refractivity contribution in [3.8, 4) is 0 Å². The van der Waals surface area contributed by atoms with Crippen LogP contribution in [0.2, 0.25) is 0 Å². The second kappa shape index (κ2) is 46.9. The summed E-state index contributed by atoms with van der Waals surface area (Å²) in [7, 11) is 0. The van der Waals surface area contributed by atoms with Gasteiger partial charge in [-0.1, -0.05) is 259 Å². The van der Waals surface area contributed by atoms with Gasteiger partial charge in [0, 0.05) is 19.3 Å². The lowest BCUT2D eigenvalue weighted by molar-refractivity contribution is -0.167. The fourth-order valence-corrected chi connectivity index (χ4v) is 8.17. The number of esters is 3. The van der Waals surface area contributed by atoms with Gasteiger partial charge in [-0.2, -0.15) is 0 Å². The van der Waals surface area contributed by atoms with Gasteiger partial charge in [0.1, 0.15) is 13.2 Å². The minimum Gasteiger partial charge on any atom is -0.462 e. The van der Waals surface area contributed by atoms with Gasteiger partial charge in [-0.05, 0) is 31.1 Å². The van der Waals surface area contributed by atoms with Crippen molar-refractivity contribution in [3.63, 3.8) is 0 Å². The predicted octanol–water partition coefficient (Wildman–Crippen LogP) is 17.3. The summed E-state index contributed by atoms with van der Waals surface area (Å²) in [6.07, 6.45) is 48.1.